The van der Waals surface area contributed by atoms with Gasteiger partial charge in [0.2, 0.25) is 11.5 Å². The highest BCUT2D eigenvalue weighted by Crippen LogP contribution is 2.35. The Balaban J connectivity index is 2.19. The highest BCUT2D eigenvalue weighted by atomic mass is 79.9. The molecule has 6 heteroatoms. The van der Waals surface area contributed by atoms with Gasteiger partial charge in [-0.2, -0.15) is 0 Å². The summed E-state index contributed by atoms with van der Waals surface area (Å²) in [5.41, 5.74) is 4.34. The summed E-state index contributed by atoms with van der Waals surface area (Å²) < 4.78 is 4.51. The third kappa shape index (κ3) is 2.15. The maximum absolute atomic E-state index is 10.3. The standard InChI is InChI=1S/C15H15BrN4O/c1-17-15-19(2)13(14(21)20(15)3)6-9-8-18-12-5-4-10(16)7-11(9)12/h4-8,21H,1-3H3. The topological polar surface area (TPSA) is 54.8 Å². The van der Waals surface area contributed by atoms with Gasteiger partial charge in [-0.25, -0.2) is 0 Å². The molecule has 0 fully saturated rings. The Morgan fingerprint density at radius 3 is 2.71 bits per heavy atom. The molecule has 0 aliphatic carbocycles. The number of rotatable bonds is 1. The van der Waals surface area contributed by atoms with Gasteiger partial charge in [0.1, 0.15) is 5.69 Å². The Hall–Kier alpha value is -2.08. The van der Waals surface area contributed by atoms with Gasteiger partial charge in [0.05, 0.1) is 5.69 Å². The van der Waals surface area contributed by atoms with Gasteiger partial charge in [-0.1, -0.05) is 15.9 Å². The summed E-state index contributed by atoms with van der Waals surface area (Å²) in [4.78, 5) is 8.57. The number of benzene rings is 1. The van der Waals surface area contributed by atoms with Crippen LogP contribution in [0.4, 0.5) is 5.69 Å². The van der Waals surface area contributed by atoms with Crippen LogP contribution in [0.3, 0.4) is 0 Å². The molecule has 0 amide bonds. The monoisotopic (exact) mass is 346 g/mol. The number of halogens is 1. The number of hydrogen-bond acceptors (Lipinski definition) is 3. The first-order valence-corrected chi connectivity index (χ1v) is 7.25. The number of aromatic hydroxyl groups is 1. The first-order valence-electron chi connectivity index (χ1n) is 6.46. The van der Waals surface area contributed by atoms with Crippen LogP contribution >= 0.6 is 15.9 Å². The fourth-order valence-corrected chi connectivity index (χ4v) is 2.89. The summed E-state index contributed by atoms with van der Waals surface area (Å²) in [7, 11) is 5.37. The van der Waals surface area contributed by atoms with Gasteiger partial charge in [-0.3, -0.25) is 14.6 Å². The van der Waals surface area contributed by atoms with Crippen LogP contribution in [0.15, 0.2) is 32.7 Å². The fraction of sp³-hybridized carbons (Fsp3) is 0.200. The van der Waals surface area contributed by atoms with Crippen LogP contribution in [-0.2, 0) is 14.1 Å². The highest BCUT2D eigenvalue weighted by Gasteiger charge is 2.16. The van der Waals surface area contributed by atoms with Gasteiger partial charge in [0.25, 0.3) is 0 Å². The summed E-state index contributed by atoms with van der Waals surface area (Å²) in [6.07, 6.45) is 3.73. The molecule has 0 unspecified atom stereocenters. The molecule has 3 rings (SSSR count). The van der Waals surface area contributed by atoms with Crippen LogP contribution in [0.5, 0.6) is 5.88 Å². The fourth-order valence-electron chi connectivity index (χ4n) is 2.53. The predicted molar refractivity (Wildman–Crippen MR) is 87.7 cm³/mol. The van der Waals surface area contributed by atoms with E-state index < -0.39 is 0 Å². The van der Waals surface area contributed by atoms with E-state index in [1.807, 2.05) is 42.1 Å². The van der Waals surface area contributed by atoms with E-state index in [0.29, 0.717) is 11.3 Å². The van der Waals surface area contributed by atoms with Gasteiger partial charge in [-0.05, 0) is 24.3 Å². The molecule has 2 aromatic rings. The van der Waals surface area contributed by atoms with Crippen LogP contribution in [0, 0.1) is 0 Å². The zero-order valence-electron chi connectivity index (χ0n) is 12.0. The van der Waals surface area contributed by atoms with Gasteiger partial charge >= 0.3 is 0 Å². The van der Waals surface area contributed by atoms with Gasteiger partial charge in [-0.15, -0.1) is 0 Å². The number of aliphatic imine (C=N–C) groups is 1. The predicted octanol–water partition coefficient (Wildman–Crippen LogP) is 2.62. The van der Waals surface area contributed by atoms with Crippen LogP contribution in [0.2, 0.25) is 0 Å². The largest absolute Gasteiger partial charge is 0.493 e. The average molecular weight is 347 g/mol. The molecule has 108 valence electrons. The Labute approximate surface area is 130 Å². The van der Waals surface area contributed by atoms with Crippen molar-refractivity contribution >= 4 is 39.5 Å². The molecule has 1 aromatic carbocycles. The minimum absolute atomic E-state index is 0.183. The minimum atomic E-state index is 0.183. The van der Waals surface area contributed by atoms with Crippen molar-refractivity contribution in [2.75, 3.05) is 7.05 Å². The van der Waals surface area contributed by atoms with E-state index in [4.69, 9.17) is 0 Å². The molecule has 5 nitrogen and oxygen atoms in total. The van der Waals surface area contributed by atoms with E-state index in [1.165, 1.54) is 0 Å². The van der Waals surface area contributed by atoms with Crippen molar-refractivity contribution in [1.29, 1.82) is 0 Å². The molecule has 0 bridgehead atoms. The lowest BCUT2D eigenvalue weighted by Gasteiger charge is -2.02. The van der Waals surface area contributed by atoms with E-state index in [2.05, 4.69) is 25.9 Å². The summed E-state index contributed by atoms with van der Waals surface area (Å²) in [5, 5.41) is 10.3. The third-order valence-corrected chi connectivity index (χ3v) is 4.11. The zero-order chi connectivity index (χ0) is 15.1. The van der Waals surface area contributed by atoms with Crippen LogP contribution in [0.1, 0.15) is 11.3 Å². The normalized spacial score (nSPS) is 16.0. The Bertz CT molecular complexity index is 855. The smallest absolute Gasteiger partial charge is 0.218 e. The van der Waals surface area contributed by atoms with Gasteiger partial charge < -0.3 is 9.67 Å². The molecule has 1 aliphatic heterocycles. The van der Waals surface area contributed by atoms with Crippen LogP contribution in [-0.4, -0.2) is 27.5 Å². The minimum Gasteiger partial charge on any atom is -0.493 e. The Kier molecular flexibility index (Phi) is 3.33. The summed E-state index contributed by atoms with van der Waals surface area (Å²) >= 11 is 3.48. The number of imidazole rings is 1. The van der Waals surface area contributed by atoms with Crippen LogP contribution < -0.4 is 5.62 Å². The van der Waals surface area contributed by atoms with E-state index in [-0.39, 0.29) is 5.88 Å². The second kappa shape index (κ2) is 5.04. The quantitative estimate of drug-likeness (QED) is 0.847. The molecule has 0 spiro atoms. The van der Waals surface area contributed by atoms with Gasteiger partial charge in [0.15, 0.2) is 0 Å². The number of hydrogen-bond donors (Lipinski definition) is 1. The average Bonchev–Trinajstić information content (AvgIpc) is 2.94. The van der Waals surface area contributed by atoms with E-state index in [0.717, 1.165) is 21.3 Å². The summed E-state index contributed by atoms with van der Waals surface area (Å²) in [6.45, 7) is 0. The Morgan fingerprint density at radius 2 is 2.05 bits per heavy atom. The van der Waals surface area contributed by atoms with Crippen molar-refractivity contribution in [1.82, 2.24) is 9.13 Å². The maximum atomic E-state index is 10.3. The lowest BCUT2D eigenvalue weighted by Crippen LogP contribution is -2.22. The van der Waals surface area contributed by atoms with Gasteiger partial charge in [0, 0.05) is 43.0 Å². The molecule has 0 saturated heterocycles. The van der Waals surface area contributed by atoms with Crippen molar-refractivity contribution in [3.8, 4) is 5.88 Å². The molecule has 21 heavy (non-hydrogen) atoms. The molecular weight excluding hydrogens is 332 g/mol. The third-order valence-electron chi connectivity index (χ3n) is 3.61. The molecular formula is C15H15BrN4O. The van der Waals surface area contributed by atoms with Crippen molar-refractivity contribution in [2.24, 2.45) is 24.1 Å². The van der Waals surface area contributed by atoms with Crippen LogP contribution in [0.25, 0.3) is 11.6 Å². The number of aromatic nitrogens is 2. The summed E-state index contributed by atoms with van der Waals surface area (Å²) in [6, 6.07) is 5.96. The highest BCUT2D eigenvalue weighted by molar-refractivity contribution is 9.10. The van der Waals surface area contributed by atoms with E-state index in [1.54, 1.807) is 18.7 Å². The van der Waals surface area contributed by atoms with Crippen molar-refractivity contribution < 1.29 is 5.11 Å². The molecule has 1 aliphatic rings. The molecule has 0 radical (unpaired) electrons. The second-order valence-corrected chi connectivity index (χ2v) is 5.79. The maximum Gasteiger partial charge on any atom is 0.218 e. The molecule has 2 heterocycles. The summed E-state index contributed by atoms with van der Waals surface area (Å²) in [5.74, 6) is 0.183. The van der Waals surface area contributed by atoms with Crippen molar-refractivity contribution in [3.63, 3.8) is 0 Å². The first-order chi connectivity index (χ1) is 10.0. The van der Waals surface area contributed by atoms with Crippen molar-refractivity contribution in [2.45, 2.75) is 0 Å². The van der Waals surface area contributed by atoms with Crippen molar-refractivity contribution in [3.05, 3.63) is 39.5 Å². The number of fused-ring (bicyclic) bond motifs is 1. The molecule has 0 atom stereocenters. The lowest BCUT2D eigenvalue weighted by molar-refractivity contribution is 0.427. The van der Waals surface area contributed by atoms with E-state index in [9.17, 15) is 5.11 Å². The molecule has 0 saturated carbocycles. The Morgan fingerprint density at radius 1 is 1.29 bits per heavy atom. The first kappa shape index (κ1) is 13.9. The van der Waals surface area contributed by atoms with E-state index >= 15 is 0 Å². The molecule has 1 N–H and O–H groups in total. The second-order valence-electron chi connectivity index (χ2n) is 4.87. The lowest BCUT2D eigenvalue weighted by atomic mass is 10.1. The molecule has 1 aromatic heterocycles. The SMILES string of the molecule is CN=c1n(C)c(O)c(C=C2C=Nc3ccc(Br)cc32)n1C. The number of nitrogens with zero attached hydrogens (tertiary/aromatic N) is 4. The zero-order valence-corrected chi connectivity index (χ0v) is 13.6. The number of allylic oxidation sites excluding steroid dienone is 1.